The molecule has 1 aromatic carbocycles. The van der Waals surface area contributed by atoms with Gasteiger partial charge >= 0.3 is 6.18 Å². The number of aromatic nitrogens is 1. The first kappa shape index (κ1) is 22.5. The third-order valence-corrected chi connectivity index (χ3v) is 6.59. The smallest absolute Gasteiger partial charge is 0.379 e. The van der Waals surface area contributed by atoms with E-state index in [4.69, 9.17) is 10.5 Å². The maximum atomic E-state index is 15.0. The van der Waals surface area contributed by atoms with Crippen LogP contribution in [0.1, 0.15) is 35.0 Å². The van der Waals surface area contributed by atoms with Crippen LogP contribution in [-0.2, 0) is 16.5 Å². The van der Waals surface area contributed by atoms with E-state index in [9.17, 15) is 22.4 Å². The molecule has 1 amide bonds. The van der Waals surface area contributed by atoms with E-state index in [1.165, 1.54) is 30.0 Å². The fourth-order valence-corrected chi connectivity index (χ4v) is 4.99. The summed E-state index contributed by atoms with van der Waals surface area (Å²) >= 11 is 1.41. The van der Waals surface area contributed by atoms with Gasteiger partial charge in [-0.25, -0.2) is 9.38 Å². The molecular weight excluding hydrogens is 448 g/mol. The molecule has 0 saturated carbocycles. The number of aliphatic imine (C=N–C) groups is 1. The minimum absolute atomic E-state index is 0.0000551. The lowest BCUT2D eigenvalue weighted by Gasteiger charge is -2.45. The third-order valence-electron chi connectivity index (χ3n) is 5.64. The molecule has 0 bridgehead atoms. The van der Waals surface area contributed by atoms with Gasteiger partial charge in [-0.05, 0) is 43.7 Å². The largest absolute Gasteiger partial charge is 0.417 e. The first-order chi connectivity index (χ1) is 15.1. The van der Waals surface area contributed by atoms with Crippen molar-refractivity contribution in [1.82, 2.24) is 4.98 Å². The minimum atomic E-state index is -4.55. The number of alkyl halides is 3. The Morgan fingerprint density at radius 3 is 2.78 bits per heavy atom. The van der Waals surface area contributed by atoms with Crippen LogP contribution in [-0.4, -0.2) is 34.5 Å². The summed E-state index contributed by atoms with van der Waals surface area (Å²) in [6.07, 6.45) is -3.29. The van der Waals surface area contributed by atoms with Crippen molar-refractivity contribution in [3.05, 3.63) is 59.2 Å². The van der Waals surface area contributed by atoms with Crippen molar-refractivity contribution in [3.63, 3.8) is 0 Å². The van der Waals surface area contributed by atoms with Crippen LogP contribution in [0.5, 0.6) is 0 Å². The van der Waals surface area contributed by atoms with E-state index >= 15 is 0 Å². The summed E-state index contributed by atoms with van der Waals surface area (Å²) in [5, 5.41) is 2.90. The van der Waals surface area contributed by atoms with Crippen LogP contribution >= 0.6 is 11.8 Å². The zero-order valence-corrected chi connectivity index (χ0v) is 17.8. The number of benzene rings is 1. The first-order valence-electron chi connectivity index (χ1n) is 9.83. The quantitative estimate of drug-likeness (QED) is 0.660. The highest BCUT2D eigenvalue weighted by molar-refractivity contribution is 8.13. The van der Waals surface area contributed by atoms with E-state index in [0.29, 0.717) is 23.5 Å². The number of nitrogens with two attached hydrogens (primary N) is 1. The normalized spacial score (nSPS) is 25.6. The van der Waals surface area contributed by atoms with Gasteiger partial charge in [0.1, 0.15) is 17.1 Å². The highest BCUT2D eigenvalue weighted by atomic mass is 32.2. The first-order valence-corrected chi connectivity index (χ1v) is 10.8. The summed E-state index contributed by atoms with van der Waals surface area (Å²) in [4.78, 5) is 20.7. The van der Waals surface area contributed by atoms with Gasteiger partial charge in [-0.15, -0.1) is 0 Å². The summed E-state index contributed by atoms with van der Waals surface area (Å²) < 4.78 is 58.9. The average molecular weight is 468 g/mol. The monoisotopic (exact) mass is 468 g/mol. The van der Waals surface area contributed by atoms with E-state index in [-0.39, 0.29) is 35.6 Å². The molecule has 3 atom stereocenters. The number of nitrogens with zero attached hydrogens (tertiary/aromatic N) is 2. The molecule has 6 nitrogen and oxygen atoms in total. The van der Waals surface area contributed by atoms with Gasteiger partial charge in [0.15, 0.2) is 5.17 Å². The van der Waals surface area contributed by atoms with Gasteiger partial charge in [0.25, 0.3) is 5.91 Å². The Bertz CT molecular complexity index is 1060. The molecule has 0 aliphatic carbocycles. The molecule has 32 heavy (non-hydrogen) atoms. The van der Waals surface area contributed by atoms with Gasteiger partial charge < -0.3 is 15.8 Å². The Hall–Kier alpha value is -2.66. The second kappa shape index (κ2) is 8.36. The zero-order chi connectivity index (χ0) is 23.1. The number of amidine groups is 1. The molecule has 2 aromatic rings. The molecule has 4 rings (SSSR count). The highest BCUT2D eigenvalue weighted by Crippen LogP contribution is 2.47. The van der Waals surface area contributed by atoms with Crippen LogP contribution in [0.4, 0.5) is 23.2 Å². The van der Waals surface area contributed by atoms with Crippen molar-refractivity contribution in [2.45, 2.75) is 31.2 Å². The summed E-state index contributed by atoms with van der Waals surface area (Å²) in [6.45, 7) is 2.09. The predicted molar refractivity (Wildman–Crippen MR) is 113 cm³/mol. The zero-order valence-electron chi connectivity index (χ0n) is 16.9. The molecule has 1 fully saturated rings. The number of halogens is 4. The maximum Gasteiger partial charge on any atom is 0.417 e. The molecule has 2 aliphatic rings. The number of nitrogens with one attached hydrogen (secondary N) is 1. The van der Waals surface area contributed by atoms with E-state index in [1.54, 1.807) is 0 Å². The number of ether oxygens (including phenoxy) is 1. The number of rotatable bonds is 3. The van der Waals surface area contributed by atoms with Gasteiger partial charge in [-0.3, -0.25) is 9.78 Å². The summed E-state index contributed by atoms with van der Waals surface area (Å²) in [5.74, 6) is -0.585. The van der Waals surface area contributed by atoms with Gasteiger partial charge in [0, 0.05) is 29.1 Å². The van der Waals surface area contributed by atoms with Gasteiger partial charge in [0.05, 0.1) is 18.3 Å². The van der Waals surface area contributed by atoms with Crippen LogP contribution in [0.2, 0.25) is 0 Å². The lowest BCUT2D eigenvalue weighted by atomic mass is 9.75. The van der Waals surface area contributed by atoms with E-state index < -0.39 is 29.0 Å². The van der Waals surface area contributed by atoms with Crippen molar-refractivity contribution >= 4 is 28.5 Å². The molecule has 3 heterocycles. The Kier molecular flexibility index (Phi) is 5.89. The third kappa shape index (κ3) is 4.31. The maximum absolute atomic E-state index is 15.0. The molecule has 3 N–H and O–H groups in total. The predicted octanol–water partition coefficient (Wildman–Crippen LogP) is 4.17. The Morgan fingerprint density at radius 2 is 2.09 bits per heavy atom. The van der Waals surface area contributed by atoms with Gasteiger partial charge in [0.2, 0.25) is 0 Å². The summed E-state index contributed by atoms with van der Waals surface area (Å²) in [6, 6.07) is 5.80. The number of anilines is 1. The number of amides is 1. The van der Waals surface area contributed by atoms with E-state index in [1.807, 2.05) is 6.92 Å². The Balaban J connectivity index is 1.63. The van der Waals surface area contributed by atoms with Gasteiger partial charge in [-0.2, -0.15) is 13.2 Å². The van der Waals surface area contributed by atoms with Crippen LogP contribution in [0.3, 0.4) is 0 Å². The molecule has 2 aliphatic heterocycles. The molecular formula is C21H20F4N4O2S. The van der Waals surface area contributed by atoms with Crippen LogP contribution < -0.4 is 11.1 Å². The molecule has 0 spiro atoms. The van der Waals surface area contributed by atoms with E-state index in [2.05, 4.69) is 15.3 Å². The van der Waals surface area contributed by atoms with Crippen molar-refractivity contribution in [1.29, 1.82) is 0 Å². The molecule has 0 radical (unpaired) electrons. The molecule has 1 aromatic heterocycles. The topological polar surface area (TPSA) is 89.6 Å². The second-order valence-electron chi connectivity index (χ2n) is 7.82. The number of pyridine rings is 1. The Labute approximate surface area is 185 Å². The molecule has 11 heteroatoms. The number of carbonyl (C=O) groups is 1. The molecule has 1 saturated heterocycles. The highest BCUT2D eigenvalue weighted by Gasteiger charge is 2.48. The summed E-state index contributed by atoms with van der Waals surface area (Å²) in [7, 11) is 0. The standard InChI is InChI=1S/C21H20F4N4O2S/c1-11-6-13-9-32-19(26)29-20(13,10-31-11)15-7-14(3-4-16(15)22)28-18(30)17-5-2-12(8-27-17)21(23,24)25/h2-5,7-8,11,13H,6,9-10H2,1H3,(H2,26,29)(H,28,30). The van der Waals surface area contributed by atoms with E-state index in [0.717, 1.165) is 12.1 Å². The second-order valence-corrected chi connectivity index (χ2v) is 8.86. The average Bonchev–Trinajstić information content (AvgIpc) is 2.75. The van der Waals surface area contributed by atoms with Crippen molar-refractivity contribution in [2.24, 2.45) is 16.6 Å². The van der Waals surface area contributed by atoms with Crippen LogP contribution in [0.25, 0.3) is 0 Å². The lowest BCUT2D eigenvalue weighted by Crippen LogP contribution is -2.50. The van der Waals surface area contributed by atoms with Crippen molar-refractivity contribution < 1.29 is 27.1 Å². The van der Waals surface area contributed by atoms with Crippen LogP contribution in [0.15, 0.2) is 41.5 Å². The SMILES string of the molecule is CC1CC2CSC(N)=NC2(c2cc(NC(=O)c3ccc(C(F)(F)F)cn3)ccc2F)CO1. The number of hydrogen-bond acceptors (Lipinski definition) is 6. The van der Waals surface area contributed by atoms with Gasteiger partial charge in [-0.1, -0.05) is 11.8 Å². The fraction of sp³-hybridized carbons (Fsp3) is 0.381. The number of fused-ring (bicyclic) bond motifs is 1. The number of thioether (sulfide) groups is 1. The van der Waals surface area contributed by atoms with Crippen molar-refractivity contribution in [3.8, 4) is 0 Å². The van der Waals surface area contributed by atoms with Crippen molar-refractivity contribution in [2.75, 3.05) is 17.7 Å². The molecule has 3 unspecified atom stereocenters. The molecule has 170 valence electrons. The van der Waals surface area contributed by atoms with Crippen LogP contribution in [0, 0.1) is 11.7 Å². The fourth-order valence-electron chi connectivity index (χ4n) is 3.98. The summed E-state index contributed by atoms with van der Waals surface area (Å²) in [5.41, 5.74) is 4.29. The minimum Gasteiger partial charge on any atom is -0.379 e. The lowest BCUT2D eigenvalue weighted by molar-refractivity contribution is -0.137. The number of hydrogen-bond donors (Lipinski definition) is 2. The Morgan fingerprint density at radius 1 is 1.31 bits per heavy atom. The number of carbonyl (C=O) groups excluding carboxylic acids is 1.